The number of nitrogens with zero attached hydrogens (tertiary/aromatic N) is 1. The summed E-state index contributed by atoms with van der Waals surface area (Å²) in [7, 11) is -1.82. The van der Waals surface area contributed by atoms with E-state index in [9.17, 15) is 18.3 Å². The zero-order valence-corrected chi connectivity index (χ0v) is 22.5. The van der Waals surface area contributed by atoms with Crippen LogP contribution in [0.15, 0.2) is 83.8 Å². The molecule has 3 aromatic rings. The highest BCUT2D eigenvalue weighted by molar-refractivity contribution is 7.90. The fraction of sp³-hybridized carbons (Fsp3) is 0.367. The molecular weight excluding hydrogens is 500 g/mol. The van der Waals surface area contributed by atoms with Gasteiger partial charge in [-0.25, -0.2) is 8.42 Å². The molecule has 5 atom stereocenters. The van der Waals surface area contributed by atoms with Crippen molar-refractivity contribution >= 4 is 15.8 Å². The molecule has 3 saturated heterocycles. The number of sulfone groups is 1. The van der Waals surface area contributed by atoms with Gasteiger partial charge >= 0.3 is 5.97 Å². The second kappa shape index (κ2) is 10.9. The number of methoxy groups -OCH3 is 1. The Bertz CT molecular complexity index is 1340. The molecule has 200 valence electrons. The minimum atomic E-state index is -3.39. The zero-order chi connectivity index (χ0) is 26.9. The third-order valence-electron chi connectivity index (χ3n) is 8.13. The molecule has 8 heteroatoms. The average molecular weight is 535 g/mol. The molecule has 3 heterocycles. The summed E-state index contributed by atoms with van der Waals surface area (Å²) >= 11 is 0. The molecule has 1 unspecified atom stereocenters. The molecule has 0 aromatic heterocycles. The van der Waals surface area contributed by atoms with Crippen LogP contribution in [0.3, 0.4) is 0 Å². The second-order valence-electron chi connectivity index (χ2n) is 10.3. The van der Waals surface area contributed by atoms with Gasteiger partial charge in [-0.15, -0.1) is 0 Å². The number of fused-ring (bicyclic) bond motifs is 3. The topological polar surface area (TPSA) is 95.9 Å². The molecule has 2 N–H and O–H groups in total. The van der Waals surface area contributed by atoms with Crippen LogP contribution >= 0.6 is 0 Å². The molecule has 0 spiro atoms. The van der Waals surface area contributed by atoms with E-state index in [1.807, 2.05) is 36.4 Å². The van der Waals surface area contributed by atoms with E-state index in [0.717, 1.165) is 18.5 Å². The molecular formula is C30H34N2O5S. The minimum Gasteiger partial charge on any atom is -0.496 e. The van der Waals surface area contributed by atoms with E-state index in [1.54, 1.807) is 25.3 Å². The van der Waals surface area contributed by atoms with Crippen LogP contribution in [0.5, 0.6) is 5.75 Å². The van der Waals surface area contributed by atoms with Crippen LogP contribution in [0.2, 0.25) is 0 Å². The molecule has 2 bridgehead atoms. The number of benzene rings is 3. The monoisotopic (exact) mass is 534 g/mol. The zero-order valence-electron chi connectivity index (χ0n) is 21.7. The number of ether oxygens (including phenoxy) is 1. The van der Waals surface area contributed by atoms with Gasteiger partial charge in [0.1, 0.15) is 5.75 Å². The summed E-state index contributed by atoms with van der Waals surface area (Å²) in [5.41, 5.74) is 3.10. The number of carbonyl (C=O) groups is 1. The van der Waals surface area contributed by atoms with Crippen molar-refractivity contribution in [2.45, 2.75) is 35.9 Å². The van der Waals surface area contributed by atoms with Crippen molar-refractivity contribution < 1.29 is 23.1 Å². The summed E-state index contributed by atoms with van der Waals surface area (Å²) in [6.07, 6.45) is 1.99. The molecule has 3 aliphatic heterocycles. The minimum absolute atomic E-state index is 0.0261. The first-order valence-corrected chi connectivity index (χ1v) is 14.8. The van der Waals surface area contributed by atoms with Crippen molar-refractivity contribution in [3.8, 4) is 5.75 Å². The van der Waals surface area contributed by atoms with Crippen molar-refractivity contribution in [3.63, 3.8) is 0 Å². The van der Waals surface area contributed by atoms with Crippen LogP contribution in [-0.4, -0.2) is 62.9 Å². The standard InChI is InChI=1S/C30H34N2O5S/c1-37-26-14-13-23(38(2,35)36)17-22(26)18-31-28-24-15-16-32(19-25(24)30(33)34)29(28)27(20-9-5-3-6-10-20)21-11-7-4-8-12-21/h3-14,17,24-25,27-29,31H,15-16,18-19H2,1-2H3,(H,33,34)/t24-,25-,28-,29-/m0/s1. The van der Waals surface area contributed by atoms with Crippen molar-refractivity contribution in [2.24, 2.45) is 11.8 Å². The summed E-state index contributed by atoms with van der Waals surface area (Å²) in [5.74, 6) is -0.648. The third kappa shape index (κ3) is 5.21. The lowest BCUT2D eigenvalue weighted by Crippen LogP contribution is -2.68. The fourth-order valence-electron chi connectivity index (χ4n) is 6.39. The molecule has 0 amide bonds. The highest BCUT2D eigenvalue weighted by Gasteiger charge is 2.52. The van der Waals surface area contributed by atoms with Gasteiger partial charge in [0.25, 0.3) is 0 Å². The number of hydrogen-bond donors (Lipinski definition) is 2. The van der Waals surface area contributed by atoms with Gasteiger partial charge in [-0.2, -0.15) is 0 Å². The van der Waals surface area contributed by atoms with Gasteiger partial charge in [0.2, 0.25) is 0 Å². The fourth-order valence-corrected chi connectivity index (χ4v) is 7.06. The predicted molar refractivity (Wildman–Crippen MR) is 146 cm³/mol. The van der Waals surface area contributed by atoms with E-state index in [4.69, 9.17) is 4.74 Å². The van der Waals surface area contributed by atoms with E-state index in [0.29, 0.717) is 18.8 Å². The Hall–Kier alpha value is -3.20. The van der Waals surface area contributed by atoms with Crippen molar-refractivity contribution in [1.29, 1.82) is 0 Å². The smallest absolute Gasteiger partial charge is 0.308 e. The highest BCUT2D eigenvalue weighted by atomic mass is 32.2. The SMILES string of the molecule is COc1ccc(S(C)(=O)=O)cc1CN[C@H]1[C@H]2CCN(C[C@@H]2C(=O)O)[C@H]1C(c1ccccc1)c1ccccc1. The average Bonchev–Trinajstić information content (AvgIpc) is 2.93. The van der Waals surface area contributed by atoms with E-state index in [-0.39, 0.29) is 28.8 Å². The van der Waals surface area contributed by atoms with E-state index >= 15 is 0 Å². The van der Waals surface area contributed by atoms with Crippen LogP contribution in [0.4, 0.5) is 0 Å². The molecule has 0 saturated carbocycles. The van der Waals surface area contributed by atoms with Gasteiger partial charge in [-0.3, -0.25) is 9.69 Å². The van der Waals surface area contributed by atoms with E-state index < -0.39 is 21.7 Å². The van der Waals surface area contributed by atoms with Crippen molar-refractivity contribution in [1.82, 2.24) is 10.2 Å². The molecule has 0 aliphatic carbocycles. The van der Waals surface area contributed by atoms with Crippen LogP contribution in [0.25, 0.3) is 0 Å². The first-order valence-electron chi connectivity index (χ1n) is 12.9. The van der Waals surface area contributed by atoms with Crippen molar-refractivity contribution in [2.75, 3.05) is 26.5 Å². The molecule has 3 aromatic carbocycles. The summed E-state index contributed by atoms with van der Waals surface area (Å²) < 4.78 is 30.0. The van der Waals surface area contributed by atoms with Crippen LogP contribution in [-0.2, 0) is 21.2 Å². The summed E-state index contributed by atoms with van der Waals surface area (Å²) in [4.78, 5) is 14.9. The van der Waals surface area contributed by atoms with Gasteiger partial charge in [0, 0.05) is 42.9 Å². The molecule has 38 heavy (non-hydrogen) atoms. The lowest BCUT2D eigenvalue weighted by Gasteiger charge is -2.56. The third-order valence-corrected chi connectivity index (χ3v) is 9.24. The maximum atomic E-state index is 12.3. The second-order valence-corrected chi connectivity index (χ2v) is 12.4. The number of hydrogen-bond acceptors (Lipinski definition) is 6. The Kier molecular flexibility index (Phi) is 7.56. The van der Waals surface area contributed by atoms with E-state index in [2.05, 4.69) is 34.5 Å². The van der Waals surface area contributed by atoms with Gasteiger partial charge in [-0.1, -0.05) is 60.7 Å². The maximum absolute atomic E-state index is 12.3. The number of carboxylic acids is 1. The summed E-state index contributed by atoms with van der Waals surface area (Å²) in [5, 5.41) is 13.8. The number of carboxylic acid groups (broad SMARTS) is 1. The Morgan fingerprint density at radius 1 is 1.05 bits per heavy atom. The number of rotatable bonds is 9. The van der Waals surface area contributed by atoms with Crippen molar-refractivity contribution in [3.05, 3.63) is 95.6 Å². The molecule has 7 nitrogen and oxygen atoms in total. The number of piperidine rings is 3. The largest absolute Gasteiger partial charge is 0.496 e. The van der Waals surface area contributed by atoms with Gasteiger partial charge in [0.15, 0.2) is 9.84 Å². The highest BCUT2D eigenvalue weighted by Crippen LogP contribution is 2.44. The maximum Gasteiger partial charge on any atom is 0.308 e. The molecule has 6 rings (SSSR count). The Morgan fingerprint density at radius 3 is 2.24 bits per heavy atom. The van der Waals surface area contributed by atoms with Gasteiger partial charge in [-0.05, 0) is 48.2 Å². The van der Waals surface area contributed by atoms with Crippen LogP contribution in [0, 0.1) is 11.8 Å². The molecule has 0 radical (unpaired) electrons. The summed E-state index contributed by atoms with van der Waals surface area (Å²) in [6, 6.07) is 25.6. The Morgan fingerprint density at radius 2 is 1.68 bits per heavy atom. The lowest BCUT2D eigenvalue weighted by molar-refractivity contribution is -0.152. The Labute approximate surface area is 224 Å². The first kappa shape index (κ1) is 26.4. The van der Waals surface area contributed by atoms with E-state index in [1.165, 1.54) is 17.4 Å². The normalized spacial score (nSPS) is 24.9. The number of nitrogens with one attached hydrogen (secondary N) is 1. The van der Waals surface area contributed by atoms with Gasteiger partial charge < -0.3 is 15.2 Å². The van der Waals surface area contributed by atoms with Gasteiger partial charge in [0.05, 0.1) is 17.9 Å². The molecule has 3 aliphatic rings. The van der Waals surface area contributed by atoms with Crippen LogP contribution in [0.1, 0.15) is 29.0 Å². The quantitative estimate of drug-likeness (QED) is 0.431. The predicted octanol–water partition coefficient (Wildman–Crippen LogP) is 3.79. The lowest BCUT2D eigenvalue weighted by atomic mass is 9.66. The molecule has 3 fully saturated rings. The Balaban J connectivity index is 1.55. The van der Waals surface area contributed by atoms with Crippen LogP contribution < -0.4 is 10.1 Å². The number of aliphatic carboxylic acids is 1. The summed E-state index contributed by atoms with van der Waals surface area (Å²) in [6.45, 7) is 1.73. The first-order chi connectivity index (χ1) is 18.3.